The molecule has 1 aromatic rings. The van der Waals surface area contributed by atoms with Crippen molar-refractivity contribution in [2.24, 2.45) is 0 Å². The number of amides is 1. The Bertz CT molecular complexity index is 372. The van der Waals surface area contributed by atoms with E-state index in [1.807, 2.05) is 0 Å². The van der Waals surface area contributed by atoms with E-state index >= 15 is 0 Å². The molecule has 16 heavy (non-hydrogen) atoms. The Kier molecular flexibility index (Phi) is 3.25. The minimum Gasteiger partial charge on any atom is -0.354 e. The number of carbonyl (C=O) groups is 1. The lowest BCUT2D eigenvalue weighted by molar-refractivity contribution is -0.119. The van der Waals surface area contributed by atoms with Gasteiger partial charge in [0.2, 0.25) is 5.91 Å². The maximum Gasteiger partial charge on any atom is 0.221 e. The molecule has 0 saturated carbocycles. The van der Waals surface area contributed by atoms with Crippen molar-refractivity contribution < 1.29 is 4.79 Å². The maximum atomic E-state index is 11.1. The third-order valence-electron chi connectivity index (χ3n) is 3.04. The van der Waals surface area contributed by atoms with Crippen LogP contribution in [0.1, 0.15) is 30.5 Å². The first-order valence-corrected chi connectivity index (χ1v) is 5.74. The van der Waals surface area contributed by atoms with Gasteiger partial charge in [-0.1, -0.05) is 29.8 Å². The molecule has 3 heteroatoms. The first-order chi connectivity index (χ1) is 7.65. The molecule has 1 saturated heterocycles. The zero-order valence-corrected chi connectivity index (χ0v) is 9.79. The summed E-state index contributed by atoms with van der Waals surface area (Å²) in [7, 11) is 0. The van der Waals surface area contributed by atoms with Gasteiger partial charge >= 0.3 is 0 Å². The normalized spacial score (nSPS) is 21.9. The predicted molar refractivity (Wildman–Crippen MR) is 64.1 cm³/mol. The molecule has 1 fully saturated rings. The van der Waals surface area contributed by atoms with Gasteiger partial charge in [-0.25, -0.2) is 0 Å². The number of carbonyl (C=O) groups excluding carboxylic acids is 1. The van der Waals surface area contributed by atoms with Gasteiger partial charge in [-0.3, -0.25) is 4.79 Å². The van der Waals surface area contributed by atoms with Crippen LogP contribution in [-0.2, 0) is 4.79 Å². The fourth-order valence-corrected chi connectivity index (χ4v) is 2.03. The minimum absolute atomic E-state index is 0.147. The summed E-state index contributed by atoms with van der Waals surface area (Å²) in [5.41, 5.74) is 2.54. The standard InChI is InChI=1S/C13H18N2O/c1-9-3-5-11(6-4-9)10(2)15-12-7-13(16)14-8-12/h3-6,10,12,15H,7-8H2,1-2H3,(H,14,16). The Hall–Kier alpha value is -1.35. The van der Waals surface area contributed by atoms with E-state index in [4.69, 9.17) is 0 Å². The first-order valence-electron chi connectivity index (χ1n) is 5.74. The summed E-state index contributed by atoms with van der Waals surface area (Å²) in [4.78, 5) is 11.1. The monoisotopic (exact) mass is 218 g/mol. The lowest BCUT2D eigenvalue weighted by atomic mass is 10.1. The molecule has 86 valence electrons. The molecule has 1 heterocycles. The number of rotatable bonds is 3. The van der Waals surface area contributed by atoms with E-state index in [0.29, 0.717) is 12.5 Å². The summed E-state index contributed by atoms with van der Waals surface area (Å²) in [6, 6.07) is 9.06. The second-order valence-corrected chi connectivity index (χ2v) is 4.50. The van der Waals surface area contributed by atoms with Gasteiger partial charge in [0.15, 0.2) is 0 Å². The van der Waals surface area contributed by atoms with Crippen molar-refractivity contribution in [2.75, 3.05) is 6.54 Å². The number of nitrogens with one attached hydrogen (secondary N) is 2. The molecule has 0 aliphatic carbocycles. The molecule has 1 amide bonds. The van der Waals surface area contributed by atoms with Gasteiger partial charge < -0.3 is 10.6 Å². The molecule has 1 aromatic carbocycles. The Morgan fingerprint density at radius 1 is 1.38 bits per heavy atom. The number of hydrogen-bond acceptors (Lipinski definition) is 2. The Morgan fingerprint density at radius 2 is 2.06 bits per heavy atom. The molecule has 0 aromatic heterocycles. The lowest BCUT2D eigenvalue weighted by Crippen LogP contribution is -2.33. The van der Waals surface area contributed by atoms with Gasteiger partial charge in [0, 0.05) is 25.0 Å². The van der Waals surface area contributed by atoms with E-state index in [9.17, 15) is 4.79 Å². The highest BCUT2D eigenvalue weighted by atomic mass is 16.1. The van der Waals surface area contributed by atoms with Gasteiger partial charge in [0.05, 0.1) is 0 Å². The van der Waals surface area contributed by atoms with Crippen molar-refractivity contribution >= 4 is 5.91 Å². The number of benzene rings is 1. The van der Waals surface area contributed by atoms with Crippen LogP contribution in [0.25, 0.3) is 0 Å². The summed E-state index contributed by atoms with van der Waals surface area (Å²) < 4.78 is 0. The zero-order valence-electron chi connectivity index (χ0n) is 9.79. The molecule has 3 nitrogen and oxygen atoms in total. The quantitative estimate of drug-likeness (QED) is 0.808. The Labute approximate surface area is 96.2 Å². The molecule has 0 radical (unpaired) electrons. The SMILES string of the molecule is Cc1ccc(C(C)NC2CNC(=O)C2)cc1. The highest BCUT2D eigenvalue weighted by molar-refractivity contribution is 5.78. The summed E-state index contributed by atoms with van der Waals surface area (Å²) in [6.45, 7) is 4.96. The molecule has 2 rings (SSSR count). The topological polar surface area (TPSA) is 41.1 Å². The largest absolute Gasteiger partial charge is 0.354 e. The molecule has 1 aliphatic rings. The van der Waals surface area contributed by atoms with Gasteiger partial charge in [-0.15, -0.1) is 0 Å². The number of aryl methyl sites for hydroxylation is 1. The van der Waals surface area contributed by atoms with Crippen LogP contribution in [0, 0.1) is 6.92 Å². The average Bonchev–Trinajstić information content (AvgIpc) is 2.65. The van der Waals surface area contributed by atoms with Crippen molar-refractivity contribution in [3.8, 4) is 0 Å². The van der Waals surface area contributed by atoms with Crippen LogP contribution in [0.2, 0.25) is 0 Å². The maximum absolute atomic E-state index is 11.1. The van der Waals surface area contributed by atoms with Crippen molar-refractivity contribution in [1.82, 2.24) is 10.6 Å². The average molecular weight is 218 g/mol. The third-order valence-corrected chi connectivity index (χ3v) is 3.04. The second-order valence-electron chi connectivity index (χ2n) is 4.50. The van der Waals surface area contributed by atoms with Crippen molar-refractivity contribution in [2.45, 2.75) is 32.4 Å². The lowest BCUT2D eigenvalue weighted by Gasteiger charge is -2.18. The fraction of sp³-hybridized carbons (Fsp3) is 0.462. The van der Waals surface area contributed by atoms with E-state index in [2.05, 4.69) is 48.7 Å². The smallest absolute Gasteiger partial charge is 0.221 e. The fourth-order valence-electron chi connectivity index (χ4n) is 2.03. The first kappa shape index (κ1) is 11.1. The molecule has 2 atom stereocenters. The van der Waals surface area contributed by atoms with E-state index in [-0.39, 0.29) is 11.9 Å². The van der Waals surface area contributed by atoms with Crippen LogP contribution in [0.15, 0.2) is 24.3 Å². The summed E-state index contributed by atoms with van der Waals surface area (Å²) in [5.74, 6) is 0.147. The molecular formula is C13H18N2O. The van der Waals surface area contributed by atoms with Crippen LogP contribution < -0.4 is 10.6 Å². The summed E-state index contributed by atoms with van der Waals surface area (Å²) >= 11 is 0. The minimum atomic E-state index is 0.147. The van der Waals surface area contributed by atoms with Crippen LogP contribution >= 0.6 is 0 Å². The van der Waals surface area contributed by atoms with Gasteiger partial charge in [-0.05, 0) is 19.4 Å². The molecular weight excluding hydrogens is 200 g/mol. The van der Waals surface area contributed by atoms with Crippen LogP contribution in [0.4, 0.5) is 0 Å². The van der Waals surface area contributed by atoms with E-state index in [1.165, 1.54) is 11.1 Å². The van der Waals surface area contributed by atoms with Crippen LogP contribution in [-0.4, -0.2) is 18.5 Å². The van der Waals surface area contributed by atoms with Gasteiger partial charge in [-0.2, -0.15) is 0 Å². The van der Waals surface area contributed by atoms with E-state index < -0.39 is 0 Å². The highest BCUT2D eigenvalue weighted by Crippen LogP contribution is 2.15. The summed E-state index contributed by atoms with van der Waals surface area (Å²) in [5, 5.41) is 6.30. The van der Waals surface area contributed by atoms with Gasteiger partial charge in [0.25, 0.3) is 0 Å². The van der Waals surface area contributed by atoms with Crippen LogP contribution in [0.3, 0.4) is 0 Å². The highest BCUT2D eigenvalue weighted by Gasteiger charge is 2.22. The summed E-state index contributed by atoms with van der Waals surface area (Å²) in [6.07, 6.45) is 0.593. The van der Waals surface area contributed by atoms with Crippen molar-refractivity contribution in [1.29, 1.82) is 0 Å². The van der Waals surface area contributed by atoms with Crippen molar-refractivity contribution in [3.05, 3.63) is 35.4 Å². The van der Waals surface area contributed by atoms with E-state index in [0.717, 1.165) is 6.54 Å². The van der Waals surface area contributed by atoms with Gasteiger partial charge in [0.1, 0.15) is 0 Å². The van der Waals surface area contributed by atoms with Crippen molar-refractivity contribution in [3.63, 3.8) is 0 Å². The van der Waals surface area contributed by atoms with Crippen LogP contribution in [0.5, 0.6) is 0 Å². The molecule has 1 aliphatic heterocycles. The number of hydrogen-bond donors (Lipinski definition) is 2. The molecule has 0 bridgehead atoms. The Morgan fingerprint density at radius 3 is 2.62 bits per heavy atom. The Balaban J connectivity index is 1.95. The molecule has 0 spiro atoms. The molecule has 2 N–H and O–H groups in total. The second kappa shape index (κ2) is 4.66. The third kappa shape index (κ3) is 2.61. The predicted octanol–water partition coefficient (Wildman–Crippen LogP) is 1.53. The van der Waals surface area contributed by atoms with E-state index in [1.54, 1.807) is 0 Å². The molecule has 2 unspecified atom stereocenters. The zero-order chi connectivity index (χ0) is 11.5.